The molecule has 0 radical (unpaired) electrons. The molecule has 0 spiro atoms. The smallest absolute Gasteiger partial charge is 0.264 e. The predicted octanol–water partition coefficient (Wildman–Crippen LogP) is 6.45. The van der Waals surface area contributed by atoms with Gasteiger partial charge in [-0.1, -0.05) is 47.5 Å². The average molecular weight is 303 g/mol. The Kier molecular flexibility index (Phi) is 9.31. The Labute approximate surface area is 127 Å². The highest BCUT2D eigenvalue weighted by molar-refractivity contribution is 5.30. The summed E-state index contributed by atoms with van der Waals surface area (Å²) in [5, 5.41) is 0. The molecule has 1 aromatic heterocycles. The molecule has 1 aromatic rings. The Hall–Kier alpha value is -1.06. The quantitative estimate of drug-likeness (QED) is 0.581. The summed E-state index contributed by atoms with van der Waals surface area (Å²) in [6, 6.07) is 1.09. The summed E-state index contributed by atoms with van der Waals surface area (Å²) in [4.78, 5) is 3.85. The van der Waals surface area contributed by atoms with Crippen LogP contribution in [0.2, 0.25) is 0 Å². The van der Waals surface area contributed by atoms with E-state index in [9.17, 15) is 13.2 Å². The van der Waals surface area contributed by atoms with Crippen LogP contribution in [-0.2, 0) is 6.18 Å². The third-order valence-electron chi connectivity index (χ3n) is 3.61. The van der Waals surface area contributed by atoms with E-state index in [1.807, 2.05) is 27.7 Å². The Balaban J connectivity index is 0.000000921. The molecular weight excluding hydrogens is 275 g/mol. The molecule has 122 valence electrons. The molecule has 1 fully saturated rings. The Morgan fingerprint density at radius 3 is 2.00 bits per heavy atom. The SMILES string of the molecule is CC.CC.CC1CCC(c2cnccc2C(F)(F)F)CC1. The van der Waals surface area contributed by atoms with Crippen molar-refractivity contribution in [3.63, 3.8) is 0 Å². The molecular formula is C17H28F3N. The zero-order chi connectivity index (χ0) is 16.5. The van der Waals surface area contributed by atoms with Crippen LogP contribution in [-0.4, -0.2) is 4.98 Å². The second-order valence-electron chi connectivity index (χ2n) is 4.92. The summed E-state index contributed by atoms with van der Waals surface area (Å²) in [5.41, 5.74) is -0.126. The Bertz CT molecular complexity index is 380. The number of hydrogen-bond donors (Lipinski definition) is 0. The minimum atomic E-state index is -4.26. The first-order valence-corrected chi connectivity index (χ1v) is 7.99. The lowest BCUT2D eigenvalue weighted by Crippen LogP contribution is -2.16. The molecule has 21 heavy (non-hydrogen) atoms. The summed E-state index contributed by atoms with van der Waals surface area (Å²) in [7, 11) is 0. The second-order valence-corrected chi connectivity index (χ2v) is 4.92. The third-order valence-corrected chi connectivity index (χ3v) is 3.61. The number of alkyl halides is 3. The van der Waals surface area contributed by atoms with Crippen molar-refractivity contribution in [3.05, 3.63) is 29.6 Å². The lowest BCUT2D eigenvalue weighted by Gasteiger charge is -2.28. The van der Waals surface area contributed by atoms with Gasteiger partial charge in [-0.25, -0.2) is 0 Å². The van der Waals surface area contributed by atoms with Gasteiger partial charge in [0.15, 0.2) is 0 Å². The highest BCUT2D eigenvalue weighted by atomic mass is 19.4. The van der Waals surface area contributed by atoms with Gasteiger partial charge in [-0.2, -0.15) is 13.2 Å². The van der Waals surface area contributed by atoms with E-state index in [1.54, 1.807) is 0 Å². The van der Waals surface area contributed by atoms with Crippen LogP contribution >= 0.6 is 0 Å². The zero-order valence-electron chi connectivity index (χ0n) is 13.8. The van der Waals surface area contributed by atoms with E-state index in [0.717, 1.165) is 31.7 Å². The van der Waals surface area contributed by atoms with Crippen molar-refractivity contribution >= 4 is 0 Å². The van der Waals surface area contributed by atoms with Gasteiger partial charge in [0.25, 0.3) is 0 Å². The molecule has 1 aliphatic carbocycles. The maximum absolute atomic E-state index is 12.9. The first-order chi connectivity index (χ1) is 9.98. The number of aromatic nitrogens is 1. The fraction of sp³-hybridized carbons (Fsp3) is 0.706. The van der Waals surface area contributed by atoms with Gasteiger partial charge in [-0.15, -0.1) is 0 Å². The van der Waals surface area contributed by atoms with Crippen LogP contribution in [0.4, 0.5) is 13.2 Å². The number of hydrogen-bond acceptors (Lipinski definition) is 1. The second kappa shape index (κ2) is 9.80. The predicted molar refractivity (Wildman–Crippen MR) is 82.3 cm³/mol. The van der Waals surface area contributed by atoms with Gasteiger partial charge in [0, 0.05) is 12.4 Å². The van der Waals surface area contributed by atoms with Gasteiger partial charge in [0.2, 0.25) is 0 Å². The molecule has 1 heterocycles. The molecule has 4 heteroatoms. The van der Waals surface area contributed by atoms with Crippen molar-refractivity contribution in [2.75, 3.05) is 0 Å². The lowest BCUT2D eigenvalue weighted by molar-refractivity contribution is -0.138. The number of halogens is 3. The molecule has 2 rings (SSSR count). The van der Waals surface area contributed by atoms with Gasteiger partial charge in [0.05, 0.1) is 5.56 Å². The largest absolute Gasteiger partial charge is 0.416 e. The fourth-order valence-corrected chi connectivity index (χ4v) is 2.56. The van der Waals surface area contributed by atoms with Crippen LogP contribution in [0, 0.1) is 5.92 Å². The summed E-state index contributed by atoms with van der Waals surface area (Å²) in [5.74, 6) is 0.661. The minimum absolute atomic E-state index is 0.0246. The van der Waals surface area contributed by atoms with Crippen molar-refractivity contribution in [1.82, 2.24) is 4.98 Å². The minimum Gasteiger partial charge on any atom is -0.264 e. The lowest BCUT2D eigenvalue weighted by atomic mass is 9.78. The van der Waals surface area contributed by atoms with E-state index in [4.69, 9.17) is 0 Å². The number of rotatable bonds is 1. The van der Waals surface area contributed by atoms with Gasteiger partial charge in [-0.05, 0) is 36.3 Å². The molecule has 1 saturated carbocycles. The van der Waals surface area contributed by atoms with E-state index < -0.39 is 11.7 Å². The topological polar surface area (TPSA) is 12.9 Å². The van der Waals surface area contributed by atoms with Gasteiger partial charge in [-0.3, -0.25) is 4.98 Å². The standard InChI is InChI=1S/C13H16F3N.2C2H6/c1-9-2-4-10(5-3-9)11-8-17-7-6-12(11)13(14,15)16;2*1-2/h6-10H,2-5H2,1H3;2*1-2H3. The van der Waals surface area contributed by atoms with Crippen LogP contribution < -0.4 is 0 Å². The molecule has 0 amide bonds. The van der Waals surface area contributed by atoms with Crippen molar-refractivity contribution < 1.29 is 13.2 Å². The summed E-state index contributed by atoms with van der Waals surface area (Å²) < 4.78 is 38.6. The first kappa shape index (κ1) is 19.9. The highest BCUT2D eigenvalue weighted by Gasteiger charge is 2.35. The zero-order valence-corrected chi connectivity index (χ0v) is 13.8. The van der Waals surface area contributed by atoms with Crippen molar-refractivity contribution in [1.29, 1.82) is 0 Å². The molecule has 0 bridgehead atoms. The molecule has 0 atom stereocenters. The van der Waals surface area contributed by atoms with Gasteiger partial charge in [0.1, 0.15) is 0 Å². The third kappa shape index (κ3) is 6.06. The van der Waals surface area contributed by atoms with E-state index in [-0.39, 0.29) is 5.92 Å². The van der Waals surface area contributed by atoms with Gasteiger partial charge >= 0.3 is 6.18 Å². The molecule has 0 aromatic carbocycles. The summed E-state index contributed by atoms with van der Waals surface area (Å²) in [6.45, 7) is 10.2. The summed E-state index contributed by atoms with van der Waals surface area (Å²) >= 11 is 0. The molecule has 0 saturated heterocycles. The van der Waals surface area contributed by atoms with E-state index in [0.29, 0.717) is 11.5 Å². The number of pyridine rings is 1. The molecule has 1 nitrogen and oxygen atoms in total. The van der Waals surface area contributed by atoms with Crippen LogP contribution in [0.5, 0.6) is 0 Å². The van der Waals surface area contributed by atoms with Crippen LogP contribution in [0.15, 0.2) is 18.5 Å². The average Bonchev–Trinajstić information content (AvgIpc) is 2.51. The van der Waals surface area contributed by atoms with E-state index in [2.05, 4.69) is 11.9 Å². The maximum Gasteiger partial charge on any atom is 0.416 e. The number of nitrogens with zero attached hydrogens (tertiary/aromatic N) is 1. The molecule has 0 N–H and O–H groups in total. The molecule has 1 aliphatic rings. The van der Waals surface area contributed by atoms with Crippen molar-refractivity contribution in [2.24, 2.45) is 5.92 Å². The first-order valence-electron chi connectivity index (χ1n) is 7.99. The van der Waals surface area contributed by atoms with Crippen LogP contribution in [0.25, 0.3) is 0 Å². The molecule has 0 unspecified atom stereocenters. The van der Waals surface area contributed by atoms with E-state index in [1.165, 1.54) is 12.4 Å². The highest BCUT2D eigenvalue weighted by Crippen LogP contribution is 2.41. The fourth-order valence-electron chi connectivity index (χ4n) is 2.56. The van der Waals surface area contributed by atoms with E-state index >= 15 is 0 Å². The van der Waals surface area contributed by atoms with Crippen LogP contribution in [0.1, 0.15) is 77.3 Å². The summed E-state index contributed by atoms with van der Waals surface area (Å²) in [6.07, 6.45) is 2.06. The monoisotopic (exact) mass is 303 g/mol. The van der Waals surface area contributed by atoms with Crippen molar-refractivity contribution in [2.45, 2.75) is 72.4 Å². The Morgan fingerprint density at radius 1 is 1.00 bits per heavy atom. The van der Waals surface area contributed by atoms with Crippen LogP contribution in [0.3, 0.4) is 0 Å². The Morgan fingerprint density at radius 2 is 1.52 bits per heavy atom. The molecule has 0 aliphatic heterocycles. The normalized spacial score (nSPS) is 21.5. The van der Waals surface area contributed by atoms with Crippen molar-refractivity contribution in [3.8, 4) is 0 Å². The van der Waals surface area contributed by atoms with Gasteiger partial charge < -0.3 is 0 Å². The maximum atomic E-state index is 12.9.